The van der Waals surface area contributed by atoms with Crippen molar-refractivity contribution in [3.05, 3.63) is 182 Å². The van der Waals surface area contributed by atoms with E-state index in [0.717, 1.165) is 27.8 Å². The van der Waals surface area contributed by atoms with E-state index in [1.165, 1.54) is 71.4 Å². The molecular formula is C48H30N2O. The summed E-state index contributed by atoms with van der Waals surface area (Å²) in [6, 6.07) is 65.5. The van der Waals surface area contributed by atoms with Gasteiger partial charge in [-0.25, -0.2) is 0 Å². The molecule has 11 rings (SSSR count). The number of hydrogen-bond acceptors (Lipinski definition) is 1. The lowest BCUT2D eigenvalue weighted by Gasteiger charge is -2.19. The summed E-state index contributed by atoms with van der Waals surface area (Å²) in [4.78, 5) is 0. The van der Waals surface area contributed by atoms with Gasteiger partial charge in [0.2, 0.25) is 0 Å². The highest BCUT2D eigenvalue weighted by Gasteiger charge is 2.21. The van der Waals surface area contributed by atoms with E-state index in [9.17, 15) is 0 Å². The molecule has 0 aliphatic heterocycles. The van der Waals surface area contributed by atoms with Crippen molar-refractivity contribution in [3.63, 3.8) is 0 Å². The van der Waals surface area contributed by atoms with Gasteiger partial charge in [-0.1, -0.05) is 133 Å². The molecule has 0 spiro atoms. The van der Waals surface area contributed by atoms with Crippen molar-refractivity contribution in [2.75, 3.05) is 0 Å². The van der Waals surface area contributed by atoms with Crippen LogP contribution >= 0.6 is 0 Å². The van der Waals surface area contributed by atoms with Crippen LogP contribution in [0.1, 0.15) is 0 Å². The third-order valence-corrected chi connectivity index (χ3v) is 10.5. The summed E-state index contributed by atoms with van der Waals surface area (Å²) in [7, 11) is 0. The predicted molar refractivity (Wildman–Crippen MR) is 213 cm³/mol. The van der Waals surface area contributed by atoms with Crippen molar-refractivity contribution < 1.29 is 4.42 Å². The second-order valence-corrected chi connectivity index (χ2v) is 13.3. The number of para-hydroxylation sites is 5. The molecule has 0 saturated heterocycles. The van der Waals surface area contributed by atoms with Gasteiger partial charge in [-0.2, -0.15) is 0 Å². The fourth-order valence-electron chi connectivity index (χ4n) is 8.37. The van der Waals surface area contributed by atoms with Crippen molar-refractivity contribution in [2.45, 2.75) is 0 Å². The molecule has 0 amide bonds. The Balaban J connectivity index is 1.15. The molecule has 0 aliphatic carbocycles. The Kier molecular flexibility index (Phi) is 5.96. The lowest BCUT2D eigenvalue weighted by molar-refractivity contribution is 0.669. The monoisotopic (exact) mass is 650 g/mol. The lowest BCUT2D eigenvalue weighted by atomic mass is 9.95. The minimum Gasteiger partial charge on any atom is -0.456 e. The first-order chi connectivity index (χ1) is 25.3. The Labute approximate surface area is 293 Å². The molecule has 3 aromatic heterocycles. The maximum absolute atomic E-state index is 6.31. The van der Waals surface area contributed by atoms with Gasteiger partial charge in [0.05, 0.1) is 27.8 Å². The number of fused-ring (bicyclic) bond motifs is 10. The summed E-state index contributed by atoms with van der Waals surface area (Å²) in [6.45, 7) is 0. The normalized spacial score (nSPS) is 11.9. The molecule has 0 bridgehead atoms. The van der Waals surface area contributed by atoms with Gasteiger partial charge in [0.25, 0.3) is 0 Å². The summed E-state index contributed by atoms with van der Waals surface area (Å²) in [5.74, 6) is 0. The lowest BCUT2D eigenvalue weighted by Crippen LogP contribution is -2.01. The number of benzene rings is 8. The van der Waals surface area contributed by atoms with Crippen LogP contribution in [0, 0.1) is 0 Å². The zero-order valence-electron chi connectivity index (χ0n) is 27.6. The number of furan rings is 1. The zero-order chi connectivity index (χ0) is 33.5. The maximum atomic E-state index is 6.31. The highest BCUT2D eigenvalue weighted by atomic mass is 16.3. The number of rotatable bonds is 4. The Bertz CT molecular complexity index is 3070. The van der Waals surface area contributed by atoms with E-state index >= 15 is 0 Å². The molecule has 11 aromatic rings. The van der Waals surface area contributed by atoms with E-state index in [2.05, 4.69) is 185 Å². The van der Waals surface area contributed by atoms with Gasteiger partial charge in [-0.3, -0.25) is 0 Å². The molecular weight excluding hydrogens is 621 g/mol. The summed E-state index contributed by atoms with van der Waals surface area (Å²) in [5, 5.41) is 7.26. The maximum Gasteiger partial charge on any atom is 0.136 e. The van der Waals surface area contributed by atoms with Crippen LogP contribution in [0.2, 0.25) is 0 Å². The van der Waals surface area contributed by atoms with Gasteiger partial charge in [-0.05, 0) is 59.7 Å². The van der Waals surface area contributed by atoms with Crippen LogP contribution in [0.5, 0.6) is 0 Å². The number of hydrogen-bond donors (Lipinski definition) is 0. The van der Waals surface area contributed by atoms with Gasteiger partial charge < -0.3 is 13.6 Å². The summed E-state index contributed by atoms with van der Waals surface area (Å²) in [6.07, 6.45) is 0. The van der Waals surface area contributed by atoms with Crippen LogP contribution in [0.25, 0.3) is 99.2 Å². The quantitative estimate of drug-likeness (QED) is 0.186. The average Bonchev–Trinajstić information content (AvgIpc) is 3.86. The highest BCUT2D eigenvalue weighted by molar-refractivity contribution is 6.27. The Hall–Kier alpha value is -6.84. The third-order valence-electron chi connectivity index (χ3n) is 10.5. The third kappa shape index (κ3) is 4.06. The molecule has 3 nitrogen and oxygen atoms in total. The molecule has 0 N–H and O–H groups in total. The zero-order valence-corrected chi connectivity index (χ0v) is 27.6. The second-order valence-electron chi connectivity index (χ2n) is 13.3. The molecule has 238 valence electrons. The van der Waals surface area contributed by atoms with E-state index in [1.807, 2.05) is 6.07 Å². The predicted octanol–water partition coefficient (Wildman–Crippen LogP) is 13.1. The van der Waals surface area contributed by atoms with E-state index < -0.39 is 0 Å². The minimum atomic E-state index is 0.915. The largest absolute Gasteiger partial charge is 0.456 e. The summed E-state index contributed by atoms with van der Waals surface area (Å²) in [5.41, 5.74) is 13.6. The number of nitrogens with zero attached hydrogens (tertiary/aromatic N) is 2. The van der Waals surface area contributed by atoms with Crippen molar-refractivity contribution in [1.82, 2.24) is 9.13 Å². The van der Waals surface area contributed by atoms with Gasteiger partial charge >= 0.3 is 0 Å². The topological polar surface area (TPSA) is 23.0 Å². The fourth-order valence-corrected chi connectivity index (χ4v) is 8.37. The Morgan fingerprint density at radius 1 is 0.314 bits per heavy atom. The molecule has 0 aliphatic rings. The van der Waals surface area contributed by atoms with Crippen LogP contribution in [0.3, 0.4) is 0 Å². The SMILES string of the molecule is c1ccc(-c2cccc(-c3ccc(-n4c5ccccc5c5c6c(ccc54)oc4ccccc46)cc3)c2-n2c3ccccc3c3ccccc32)cc1. The standard InChI is InChI=1S/C48H30N2O/c1-2-13-31(14-3-1)34-19-12-20-35(48(34)50-40-21-8-4-15-36(40)37-16-5-9-22-41(37)50)32-25-27-33(28-26-32)49-42-23-10-6-17-38(42)46-43(49)29-30-45-47(46)39-18-7-11-24-44(39)51-45/h1-30H. The van der Waals surface area contributed by atoms with Crippen molar-refractivity contribution in [3.8, 4) is 33.6 Å². The smallest absolute Gasteiger partial charge is 0.136 e. The van der Waals surface area contributed by atoms with Crippen LogP contribution in [0.15, 0.2) is 186 Å². The summed E-state index contributed by atoms with van der Waals surface area (Å²) >= 11 is 0. The molecule has 0 fully saturated rings. The molecule has 0 saturated carbocycles. The van der Waals surface area contributed by atoms with Crippen molar-refractivity contribution in [1.29, 1.82) is 0 Å². The van der Waals surface area contributed by atoms with Crippen LogP contribution in [-0.4, -0.2) is 9.13 Å². The highest BCUT2D eigenvalue weighted by Crippen LogP contribution is 2.43. The van der Waals surface area contributed by atoms with Gasteiger partial charge in [0.1, 0.15) is 11.2 Å². The van der Waals surface area contributed by atoms with Crippen LogP contribution < -0.4 is 0 Å². The first-order valence-corrected chi connectivity index (χ1v) is 17.4. The van der Waals surface area contributed by atoms with E-state index in [4.69, 9.17) is 4.42 Å². The second kappa shape index (κ2) is 10.8. The molecule has 0 radical (unpaired) electrons. The first kappa shape index (κ1) is 28.0. The van der Waals surface area contributed by atoms with Crippen molar-refractivity contribution >= 4 is 65.6 Å². The summed E-state index contributed by atoms with van der Waals surface area (Å²) < 4.78 is 11.2. The molecule has 0 atom stereocenters. The van der Waals surface area contributed by atoms with Gasteiger partial charge in [0.15, 0.2) is 0 Å². The molecule has 8 aromatic carbocycles. The Morgan fingerprint density at radius 3 is 1.55 bits per heavy atom. The first-order valence-electron chi connectivity index (χ1n) is 17.4. The number of aromatic nitrogens is 2. The van der Waals surface area contributed by atoms with Crippen molar-refractivity contribution in [2.24, 2.45) is 0 Å². The Morgan fingerprint density at radius 2 is 0.863 bits per heavy atom. The van der Waals surface area contributed by atoms with Gasteiger partial charge in [-0.15, -0.1) is 0 Å². The minimum absolute atomic E-state index is 0.915. The molecule has 0 unspecified atom stereocenters. The fraction of sp³-hybridized carbons (Fsp3) is 0. The average molecular weight is 651 g/mol. The molecule has 3 heteroatoms. The van der Waals surface area contributed by atoms with Crippen LogP contribution in [-0.2, 0) is 0 Å². The van der Waals surface area contributed by atoms with Crippen LogP contribution in [0.4, 0.5) is 0 Å². The van der Waals surface area contributed by atoms with E-state index in [0.29, 0.717) is 0 Å². The van der Waals surface area contributed by atoms with Gasteiger partial charge in [0, 0.05) is 49.1 Å². The molecule has 3 heterocycles. The molecule has 51 heavy (non-hydrogen) atoms. The van der Waals surface area contributed by atoms with E-state index in [1.54, 1.807) is 0 Å². The van der Waals surface area contributed by atoms with E-state index in [-0.39, 0.29) is 0 Å².